The molecule has 0 bridgehead atoms. The summed E-state index contributed by atoms with van der Waals surface area (Å²) in [5, 5.41) is 9.35. The predicted molar refractivity (Wildman–Crippen MR) is 86.2 cm³/mol. The summed E-state index contributed by atoms with van der Waals surface area (Å²) in [4.78, 5) is 0.924. The van der Waals surface area contributed by atoms with Crippen molar-refractivity contribution in [2.45, 2.75) is 11.8 Å². The van der Waals surface area contributed by atoms with Crippen molar-refractivity contribution in [2.75, 3.05) is 11.5 Å². The smallest absolute Gasteiger partial charge is 0.146 e. The van der Waals surface area contributed by atoms with Crippen molar-refractivity contribution >= 4 is 33.4 Å². The molecule has 2 N–H and O–H groups in total. The maximum atomic E-state index is 9.35. The fraction of sp³-hybridized carbons (Fsp3) is 0.133. The number of nitrogens with two attached hydrogens (primary N) is 1. The van der Waals surface area contributed by atoms with Gasteiger partial charge in [-0.05, 0) is 45.9 Å². The monoisotopic (exact) mass is 348 g/mol. The molecule has 20 heavy (non-hydrogen) atoms. The number of thioether (sulfide) groups is 1. The third-order valence-corrected chi connectivity index (χ3v) is 4.17. The van der Waals surface area contributed by atoms with Gasteiger partial charge >= 0.3 is 0 Å². The number of nitrogens with zero attached hydrogens (tertiary/aromatic N) is 1. The number of ether oxygens (including phenoxy) is 1. The zero-order valence-corrected chi connectivity index (χ0v) is 13.3. The van der Waals surface area contributed by atoms with E-state index in [1.54, 1.807) is 30.0 Å². The Morgan fingerprint density at radius 3 is 2.80 bits per heavy atom. The fourth-order valence-corrected chi connectivity index (χ4v) is 2.80. The maximum absolute atomic E-state index is 9.35. The summed E-state index contributed by atoms with van der Waals surface area (Å²) in [6.07, 6.45) is 0. The number of nitrogen functional groups attached to an aromatic ring is 1. The second-order valence-electron chi connectivity index (χ2n) is 3.97. The molecule has 3 nitrogen and oxygen atoms in total. The second-order valence-corrected chi connectivity index (χ2v) is 6.13. The van der Waals surface area contributed by atoms with Crippen LogP contribution in [0.1, 0.15) is 12.5 Å². The van der Waals surface area contributed by atoms with Crippen molar-refractivity contribution in [3.8, 4) is 17.6 Å². The zero-order valence-electron chi connectivity index (χ0n) is 10.9. The molecular weight excluding hydrogens is 336 g/mol. The number of nitriles is 1. The lowest BCUT2D eigenvalue weighted by atomic mass is 10.2. The van der Waals surface area contributed by atoms with Crippen molar-refractivity contribution in [1.82, 2.24) is 0 Å². The van der Waals surface area contributed by atoms with Crippen LogP contribution >= 0.6 is 27.7 Å². The lowest BCUT2D eigenvalue weighted by molar-refractivity contribution is 0.477. The van der Waals surface area contributed by atoms with E-state index in [9.17, 15) is 5.26 Å². The number of hydrogen-bond donors (Lipinski definition) is 1. The Hall–Kier alpha value is -1.64. The minimum absolute atomic E-state index is 0.539. The first-order valence-electron chi connectivity index (χ1n) is 6.04. The van der Waals surface area contributed by atoms with Gasteiger partial charge in [-0.1, -0.05) is 13.0 Å². The fourth-order valence-electron chi connectivity index (χ4n) is 1.70. The SMILES string of the molecule is CCSc1cccc(Oc2cc(N)ccc2Br)c1C#N. The average Bonchev–Trinajstić information content (AvgIpc) is 2.43. The van der Waals surface area contributed by atoms with E-state index in [1.807, 2.05) is 25.1 Å². The van der Waals surface area contributed by atoms with E-state index in [0.717, 1.165) is 15.1 Å². The normalized spacial score (nSPS) is 10.1. The molecule has 5 heteroatoms. The molecule has 0 saturated heterocycles. The maximum Gasteiger partial charge on any atom is 0.146 e. The molecule has 0 fully saturated rings. The molecule has 2 aromatic rings. The Kier molecular flexibility index (Phi) is 4.94. The summed E-state index contributed by atoms with van der Waals surface area (Å²) in [6.45, 7) is 2.05. The topological polar surface area (TPSA) is 59.0 Å². The summed E-state index contributed by atoms with van der Waals surface area (Å²) in [7, 11) is 0. The van der Waals surface area contributed by atoms with E-state index in [4.69, 9.17) is 10.5 Å². The van der Waals surface area contributed by atoms with Gasteiger partial charge in [-0.3, -0.25) is 0 Å². The van der Waals surface area contributed by atoms with Gasteiger partial charge in [0.15, 0.2) is 0 Å². The van der Waals surface area contributed by atoms with Crippen molar-refractivity contribution in [1.29, 1.82) is 5.26 Å². The van der Waals surface area contributed by atoms with Crippen LogP contribution in [0, 0.1) is 11.3 Å². The van der Waals surface area contributed by atoms with E-state index in [0.29, 0.717) is 22.7 Å². The minimum Gasteiger partial charge on any atom is -0.455 e. The van der Waals surface area contributed by atoms with E-state index in [2.05, 4.69) is 22.0 Å². The van der Waals surface area contributed by atoms with Crippen LogP contribution in [-0.2, 0) is 0 Å². The van der Waals surface area contributed by atoms with Crippen LogP contribution < -0.4 is 10.5 Å². The lowest BCUT2D eigenvalue weighted by Gasteiger charge is -2.12. The van der Waals surface area contributed by atoms with Gasteiger partial charge in [-0.15, -0.1) is 11.8 Å². The molecule has 0 unspecified atom stereocenters. The molecule has 2 rings (SSSR count). The van der Waals surface area contributed by atoms with Crippen LogP contribution in [0.2, 0.25) is 0 Å². The Bertz CT molecular complexity index is 667. The molecule has 0 saturated carbocycles. The molecule has 102 valence electrons. The van der Waals surface area contributed by atoms with E-state index in [-0.39, 0.29) is 0 Å². The average molecular weight is 349 g/mol. The van der Waals surface area contributed by atoms with Gasteiger partial charge in [0, 0.05) is 16.6 Å². The van der Waals surface area contributed by atoms with Gasteiger partial charge in [0.1, 0.15) is 23.1 Å². The third-order valence-electron chi connectivity index (χ3n) is 2.57. The van der Waals surface area contributed by atoms with Gasteiger partial charge in [-0.2, -0.15) is 5.26 Å². The third kappa shape index (κ3) is 3.27. The van der Waals surface area contributed by atoms with Crippen molar-refractivity contribution in [3.05, 3.63) is 46.4 Å². The first-order chi connectivity index (χ1) is 9.65. The molecule has 0 aliphatic heterocycles. The van der Waals surface area contributed by atoms with Crippen LogP contribution in [0.15, 0.2) is 45.8 Å². The molecular formula is C15H13BrN2OS. The molecule has 0 atom stereocenters. The number of rotatable bonds is 4. The zero-order chi connectivity index (χ0) is 14.5. The van der Waals surface area contributed by atoms with Crippen molar-refractivity contribution in [3.63, 3.8) is 0 Å². The van der Waals surface area contributed by atoms with Crippen LogP contribution in [0.5, 0.6) is 11.5 Å². The summed E-state index contributed by atoms with van der Waals surface area (Å²) in [5.41, 5.74) is 6.92. The molecule has 0 spiro atoms. The summed E-state index contributed by atoms with van der Waals surface area (Å²) in [6, 6.07) is 13.1. The van der Waals surface area contributed by atoms with Gasteiger partial charge in [-0.25, -0.2) is 0 Å². The lowest BCUT2D eigenvalue weighted by Crippen LogP contribution is -1.93. The Labute approximate surface area is 130 Å². The summed E-state index contributed by atoms with van der Waals surface area (Å²) < 4.78 is 6.63. The first-order valence-corrected chi connectivity index (χ1v) is 7.82. The molecule has 2 aromatic carbocycles. The second kappa shape index (κ2) is 6.69. The molecule has 0 radical (unpaired) electrons. The van der Waals surface area contributed by atoms with E-state index in [1.165, 1.54) is 0 Å². The molecule has 0 aliphatic rings. The van der Waals surface area contributed by atoms with E-state index < -0.39 is 0 Å². The Morgan fingerprint density at radius 1 is 1.30 bits per heavy atom. The van der Waals surface area contributed by atoms with Gasteiger partial charge in [0.05, 0.1) is 4.47 Å². The van der Waals surface area contributed by atoms with Crippen LogP contribution in [0.4, 0.5) is 5.69 Å². The first kappa shape index (κ1) is 14.8. The van der Waals surface area contributed by atoms with Gasteiger partial charge < -0.3 is 10.5 Å². The summed E-state index contributed by atoms with van der Waals surface area (Å²) in [5.74, 6) is 2.04. The quantitative estimate of drug-likeness (QED) is 0.636. The highest BCUT2D eigenvalue weighted by Crippen LogP contribution is 2.36. The highest BCUT2D eigenvalue weighted by atomic mass is 79.9. The number of benzene rings is 2. The van der Waals surface area contributed by atoms with Gasteiger partial charge in [0.2, 0.25) is 0 Å². The number of halogens is 1. The minimum atomic E-state index is 0.539. The summed E-state index contributed by atoms with van der Waals surface area (Å²) >= 11 is 5.03. The van der Waals surface area contributed by atoms with Crippen molar-refractivity contribution < 1.29 is 4.74 Å². The van der Waals surface area contributed by atoms with Crippen LogP contribution in [0.3, 0.4) is 0 Å². The predicted octanol–water partition coefficient (Wildman–Crippen LogP) is 4.81. The van der Waals surface area contributed by atoms with Crippen molar-refractivity contribution in [2.24, 2.45) is 0 Å². The van der Waals surface area contributed by atoms with Crippen LogP contribution in [0.25, 0.3) is 0 Å². The molecule has 0 amide bonds. The highest BCUT2D eigenvalue weighted by Gasteiger charge is 2.11. The largest absolute Gasteiger partial charge is 0.455 e. The highest BCUT2D eigenvalue weighted by molar-refractivity contribution is 9.10. The van der Waals surface area contributed by atoms with Crippen LogP contribution in [-0.4, -0.2) is 5.75 Å². The number of hydrogen-bond acceptors (Lipinski definition) is 4. The number of anilines is 1. The standard InChI is InChI=1S/C15H13BrN2OS/c1-2-20-15-5-3-4-13(11(15)9-17)19-14-8-10(18)6-7-12(14)16/h3-8H,2,18H2,1H3. The van der Waals surface area contributed by atoms with Gasteiger partial charge in [0.25, 0.3) is 0 Å². The Balaban J connectivity index is 2.41. The van der Waals surface area contributed by atoms with E-state index >= 15 is 0 Å². The Morgan fingerprint density at radius 2 is 2.10 bits per heavy atom. The molecule has 0 aliphatic carbocycles. The molecule has 0 aromatic heterocycles. The molecule has 0 heterocycles.